The Kier molecular flexibility index (Phi) is 5.65. The van der Waals surface area contributed by atoms with Crippen LogP contribution in [-0.2, 0) is 17.6 Å². The van der Waals surface area contributed by atoms with E-state index in [9.17, 15) is 4.79 Å². The highest BCUT2D eigenvalue weighted by Crippen LogP contribution is 2.20. The van der Waals surface area contributed by atoms with Crippen LogP contribution in [0, 0.1) is 0 Å². The summed E-state index contributed by atoms with van der Waals surface area (Å²) in [6.07, 6.45) is 1.70. The topological polar surface area (TPSA) is 49.8 Å². The molecule has 0 aliphatic carbocycles. The molecule has 4 nitrogen and oxygen atoms in total. The van der Waals surface area contributed by atoms with Gasteiger partial charge in [-0.3, -0.25) is 4.79 Å². The third-order valence-corrected chi connectivity index (χ3v) is 3.02. The lowest BCUT2D eigenvalue weighted by molar-refractivity contribution is -0.132. The second-order valence-corrected chi connectivity index (χ2v) is 4.22. The maximum Gasteiger partial charge on any atom is 0.248 e. The monoisotopic (exact) mass is 251 g/mol. The molecule has 0 aliphatic rings. The number of amides is 1. The molecule has 18 heavy (non-hydrogen) atoms. The Morgan fingerprint density at radius 1 is 1.44 bits per heavy atom. The van der Waals surface area contributed by atoms with Crippen molar-refractivity contribution in [1.82, 2.24) is 4.90 Å². The number of hydrogen-bond acceptors (Lipinski definition) is 3. The van der Waals surface area contributed by atoms with Crippen LogP contribution < -0.4 is 4.74 Å². The number of likely N-dealkylation sites (N-methyl/N-ethyl adjacent to an activating group) is 1. The number of benzene rings is 1. The van der Waals surface area contributed by atoms with Crippen LogP contribution in [0.1, 0.15) is 18.1 Å². The Hall–Kier alpha value is -1.55. The number of nitrogens with zero attached hydrogens (tertiary/aromatic N) is 1. The molecule has 0 aromatic heterocycles. The first-order chi connectivity index (χ1) is 8.62. The fraction of sp³-hybridized carbons (Fsp3) is 0.500. The van der Waals surface area contributed by atoms with Crippen LogP contribution >= 0.6 is 0 Å². The summed E-state index contributed by atoms with van der Waals surface area (Å²) in [5, 5.41) is 8.75. The number of aliphatic hydroxyl groups is 1. The number of hydrogen-bond donors (Lipinski definition) is 1. The van der Waals surface area contributed by atoms with Crippen molar-refractivity contribution in [2.24, 2.45) is 0 Å². The molecular formula is C14H21NO3. The van der Waals surface area contributed by atoms with Crippen LogP contribution in [0.25, 0.3) is 0 Å². The zero-order valence-corrected chi connectivity index (χ0v) is 11.3. The van der Waals surface area contributed by atoms with Crippen molar-refractivity contribution in [3.05, 3.63) is 29.3 Å². The molecule has 0 saturated heterocycles. The molecule has 4 heteroatoms. The Bertz CT molecular complexity index is 404. The molecule has 100 valence electrons. The number of carbonyl (C=O) groups excluding carboxylic acids is 1. The molecule has 0 aliphatic heterocycles. The van der Waals surface area contributed by atoms with Gasteiger partial charge >= 0.3 is 0 Å². The fourth-order valence-corrected chi connectivity index (χ4v) is 1.81. The minimum absolute atomic E-state index is 0.251. The van der Waals surface area contributed by atoms with E-state index in [2.05, 4.69) is 13.0 Å². The minimum atomic E-state index is -0.431. The number of carbonyl (C=O) groups is 1. The lowest BCUT2D eigenvalue weighted by atomic mass is 10.1. The van der Waals surface area contributed by atoms with E-state index in [1.54, 1.807) is 14.2 Å². The van der Waals surface area contributed by atoms with E-state index in [1.807, 2.05) is 12.1 Å². The van der Waals surface area contributed by atoms with Gasteiger partial charge in [-0.05, 0) is 30.0 Å². The van der Waals surface area contributed by atoms with Crippen molar-refractivity contribution < 1.29 is 14.6 Å². The quantitative estimate of drug-likeness (QED) is 0.828. The van der Waals surface area contributed by atoms with E-state index < -0.39 is 6.61 Å². The summed E-state index contributed by atoms with van der Waals surface area (Å²) in [6, 6.07) is 6.08. The first kappa shape index (κ1) is 14.5. The molecular weight excluding hydrogens is 230 g/mol. The summed E-state index contributed by atoms with van der Waals surface area (Å²) in [7, 11) is 3.37. The molecule has 1 amide bonds. The van der Waals surface area contributed by atoms with Crippen molar-refractivity contribution in [2.75, 3.05) is 27.3 Å². The van der Waals surface area contributed by atoms with Crippen molar-refractivity contribution in [3.63, 3.8) is 0 Å². The van der Waals surface area contributed by atoms with Gasteiger partial charge < -0.3 is 14.7 Å². The molecule has 0 unspecified atom stereocenters. The zero-order valence-electron chi connectivity index (χ0n) is 11.3. The van der Waals surface area contributed by atoms with Crippen molar-refractivity contribution in [1.29, 1.82) is 0 Å². The first-order valence-electron chi connectivity index (χ1n) is 6.13. The van der Waals surface area contributed by atoms with E-state index >= 15 is 0 Å². The van der Waals surface area contributed by atoms with Gasteiger partial charge in [0.2, 0.25) is 5.91 Å². The lowest BCUT2D eigenvalue weighted by Gasteiger charge is -2.16. The van der Waals surface area contributed by atoms with Gasteiger partial charge in [0.05, 0.1) is 7.11 Å². The summed E-state index contributed by atoms with van der Waals surface area (Å²) in [4.78, 5) is 12.8. The molecule has 0 bridgehead atoms. The van der Waals surface area contributed by atoms with Gasteiger partial charge in [0, 0.05) is 13.6 Å². The van der Waals surface area contributed by atoms with Crippen LogP contribution in [0.5, 0.6) is 5.75 Å². The van der Waals surface area contributed by atoms with Gasteiger partial charge in [-0.25, -0.2) is 0 Å². The molecule has 0 saturated carbocycles. The van der Waals surface area contributed by atoms with Crippen molar-refractivity contribution in [2.45, 2.75) is 19.8 Å². The van der Waals surface area contributed by atoms with E-state index in [4.69, 9.17) is 9.84 Å². The van der Waals surface area contributed by atoms with Crippen LogP contribution in [0.2, 0.25) is 0 Å². The maximum atomic E-state index is 11.2. The Labute approximate surface area is 108 Å². The molecule has 1 rings (SSSR count). The second kappa shape index (κ2) is 7.01. The largest absolute Gasteiger partial charge is 0.496 e. The summed E-state index contributed by atoms with van der Waals surface area (Å²) >= 11 is 0. The van der Waals surface area contributed by atoms with Gasteiger partial charge in [-0.1, -0.05) is 19.1 Å². The zero-order chi connectivity index (χ0) is 13.5. The molecule has 1 N–H and O–H groups in total. The third-order valence-electron chi connectivity index (χ3n) is 3.02. The predicted molar refractivity (Wildman–Crippen MR) is 70.8 cm³/mol. The van der Waals surface area contributed by atoms with E-state index in [1.165, 1.54) is 16.0 Å². The fourth-order valence-electron chi connectivity index (χ4n) is 1.81. The third kappa shape index (κ3) is 3.74. The number of rotatable bonds is 6. The number of aliphatic hydroxyl groups excluding tert-OH is 1. The molecule has 0 fully saturated rings. The molecule has 1 aromatic rings. The Balaban J connectivity index is 2.65. The summed E-state index contributed by atoms with van der Waals surface area (Å²) < 4.78 is 5.27. The highest BCUT2D eigenvalue weighted by molar-refractivity contribution is 5.76. The molecule has 0 heterocycles. The standard InChI is InChI=1S/C14H21NO3/c1-4-12-9-11(5-6-13(12)18-3)7-8-15(2)14(17)10-16/h5-6,9,16H,4,7-8,10H2,1-3H3. The summed E-state index contributed by atoms with van der Waals surface area (Å²) in [5.74, 6) is 0.653. The normalized spacial score (nSPS) is 10.2. The van der Waals surface area contributed by atoms with Crippen LogP contribution in [0.3, 0.4) is 0 Å². The second-order valence-electron chi connectivity index (χ2n) is 4.22. The van der Waals surface area contributed by atoms with Crippen molar-refractivity contribution in [3.8, 4) is 5.75 Å². The number of ether oxygens (including phenoxy) is 1. The Morgan fingerprint density at radius 2 is 2.17 bits per heavy atom. The smallest absolute Gasteiger partial charge is 0.248 e. The number of methoxy groups -OCH3 is 1. The van der Waals surface area contributed by atoms with Gasteiger partial charge in [-0.15, -0.1) is 0 Å². The van der Waals surface area contributed by atoms with E-state index in [0.29, 0.717) is 6.54 Å². The molecule has 0 radical (unpaired) electrons. The van der Waals surface area contributed by atoms with Crippen LogP contribution in [0.4, 0.5) is 0 Å². The number of aryl methyl sites for hydroxylation is 1. The lowest BCUT2D eigenvalue weighted by Crippen LogP contribution is -2.31. The van der Waals surface area contributed by atoms with Gasteiger partial charge in [0.15, 0.2) is 0 Å². The van der Waals surface area contributed by atoms with E-state index in [-0.39, 0.29) is 5.91 Å². The van der Waals surface area contributed by atoms with Crippen LogP contribution in [-0.4, -0.2) is 43.2 Å². The maximum absolute atomic E-state index is 11.2. The average molecular weight is 251 g/mol. The average Bonchev–Trinajstić information content (AvgIpc) is 2.43. The van der Waals surface area contributed by atoms with Gasteiger partial charge in [0.25, 0.3) is 0 Å². The van der Waals surface area contributed by atoms with Crippen molar-refractivity contribution >= 4 is 5.91 Å². The summed E-state index contributed by atoms with van der Waals surface area (Å²) in [6.45, 7) is 2.26. The van der Waals surface area contributed by atoms with E-state index in [0.717, 1.165) is 18.6 Å². The van der Waals surface area contributed by atoms with Gasteiger partial charge in [0.1, 0.15) is 12.4 Å². The Morgan fingerprint density at radius 3 is 2.72 bits per heavy atom. The minimum Gasteiger partial charge on any atom is -0.496 e. The molecule has 0 spiro atoms. The first-order valence-corrected chi connectivity index (χ1v) is 6.13. The van der Waals surface area contributed by atoms with Crippen LogP contribution in [0.15, 0.2) is 18.2 Å². The predicted octanol–water partition coefficient (Wildman–Crippen LogP) is 1.25. The summed E-state index contributed by atoms with van der Waals surface area (Å²) in [5.41, 5.74) is 2.34. The molecule has 1 aromatic carbocycles. The van der Waals surface area contributed by atoms with Gasteiger partial charge in [-0.2, -0.15) is 0 Å². The highest BCUT2D eigenvalue weighted by atomic mass is 16.5. The highest BCUT2D eigenvalue weighted by Gasteiger charge is 2.08. The SMILES string of the molecule is CCc1cc(CCN(C)C(=O)CO)ccc1OC. The molecule has 0 atom stereocenters.